The Morgan fingerprint density at radius 1 is 0.921 bits per heavy atom. The molecular formula is C31H42FN3O3. The highest BCUT2D eigenvalue weighted by molar-refractivity contribution is 6.05. The number of fused-ring (bicyclic) bond motifs is 1. The third-order valence-corrected chi connectivity index (χ3v) is 10.2. The van der Waals surface area contributed by atoms with Crippen LogP contribution in [0.4, 0.5) is 4.39 Å². The molecule has 4 saturated carbocycles. The van der Waals surface area contributed by atoms with E-state index >= 15 is 0 Å². The Morgan fingerprint density at radius 3 is 2.26 bits per heavy atom. The summed E-state index contributed by atoms with van der Waals surface area (Å²) in [4.78, 5) is 38.3. The quantitative estimate of drug-likeness (QED) is 0.315. The molecule has 7 heteroatoms. The van der Waals surface area contributed by atoms with Crippen molar-refractivity contribution in [2.45, 2.75) is 114 Å². The van der Waals surface area contributed by atoms with Gasteiger partial charge in [-0.1, -0.05) is 31.7 Å². The van der Waals surface area contributed by atoms with Crippen LogP contribution >= 0.6 is 0 Å². The summed E-state index contributed by atoms with van der Waals surface area (Å²) in [5.74, 6) is 1.25. The predicted molar refractivity (Wildman–Crippen MR) is 143 cm³/mol. The maximum absolute atomic E-state index is 14.6. The Balaban J connectivity index is 0.917. The van der Waals surface area contributed by atoms with Gasteiger partial charge in [-0.25, -0.2) is 4.39 Å². The minimum Gasteiger partial charge on any atom is -0.322 e. The summed E-state index contributed by atoms with van der Waals surface area (Å²) in [6, 6.07) is 2.47. The molecule has 2 aliphatic heterocycles. The number of nitrogens with one attached hydrogen (secondary N) is 2. The predicted octanol–water partition coefficient (Wildman–Crippen LogP) is 5.03. The van der Waals surface area contributed by atoms with Crippen molar-refractivity contribution in [3.8, 4) is 0 Å². The number of carbonyl (C=O) groups excluding carboxylic acids is 3. The van der Waals surface area contributed by atoms with E-state index in [-0.39, 0.29) is 24.4 Å². The molecule has 0 radical (unpaired) electrons. The lowest BCUT2D eigenvalue weighted by Gasteiger charge is -2.57. The molecule has 1 unspecified atom stereocenters. The summed E-state index contributed by atoms with van der Waals surface area (Å²) in [5.41, 5.74) is 2.30. The van der Waals surface area contributed by atoms with Crippen LogP contribution in [0, 0.1) is 23.6 Å². The zero-order chi connectivity index (χ0) is 26.3. The van der Waals surface area contributed by atoms with E-state index in [4.69, 9.17) is 0 Å². The minimum atomic E-state index is -0.711. The second kappa shape index (κ2) is 10.7. The van der Waals surface area contributed by atoms with Crippen molar-refractivity contribution >= 4 is 17.7 Å². The fourth-order valence-electron chi connectivity index (χ4n) is 8.75. The molecule has 3 amide bonds. The number of benzene rings is 1. The molecule has 6 aliphatic rings. The average Bonchev–Trinajstić information content (AvgIpc) is 3.21. The number of piperidine rings is 1. The number of halogens is 1. The van der Waals surface area contributed by atoms with Crippen LogP contribution in [0.5, 0.6) is 0 Å². The van der Waals surface area contributed by atoms with Crippen LogP contribution in [-0.2, 0) is 22.6 Å². The highest BCUT2D eigenvalue weighted by Crippen LogP contribution is 2.55. The van der Waals surface area contributed by atoms with E-state index in [0.29, 0.717) is 12.0 Å². The zero-order valence-electron chi connectivity index (χ0n) is 22.5. The van der Waals surface area contributed by atoms with E-state index in [1.165, 1.54) is 75.2 Å². The van der Waals surface area contributed by atoms with Gasteiger partial charge >= 0.3 is 0 Å². The standard InChI is InChI=1S/C31H42FN3O3/c32-25-9-8-23(24-19-35(30(38)28(24)25)26-10-11-27(36)34-29(26)37)7-5-3-1-2-4-6-12-33-31-16-20-13-21(17-31)15-22(14-20)18-31/h8-9,20-22,26,33H,1-7,10-19H2,(H,34,36,37). The fourth-order valence-corrected chi connectivity index (χ4v) is 8.75. The van der Waals surface area contributed by atoms with Gasteiger partial charge in [-0.05, 0) is 106 Å². The molecular weight excluding hydrogens is 481 g/mol. The van der Waals surface area contributed by atoms with Gasteiger partial charge in [-0.3, -0.25) is 19.7 Å². The van der Waals surface area contributed by atoms with Crippen LogP contribution < -0.4 is 10.6 Å². The molecule has 7 rings (SSSR count). The lowest BCUT2D eigenvalue weighted by molar-refractivity contribution is -0.136. The maximum Gasteiger partial charge on any atom is 0.258 e. The van der Waals surface area contributed by atoms with E-state index in [1.807, 2.05) is 0 Å². The van der Waals surface area contributed by atoms with Crippen molar-refractivity contribution in [2.75, 3.05) is 6.54 Å². The largest absolute Gasteiger partial charge is 0.322 e. The third-order valence-electron chi connectivity index (χ3n) is 10.2. The van der Waals surface area contributed by atoms with E-state index < -0.39 is 23.7 Å². The Labute approximate surface area is 225 Å². The van der Waals surface area contributed by atoms with Crippen molar-refractivity contribution < 1.29 is 18.8 Å². The first-order valence-corrected chi connectivity index (χ1v) is 15.1. The number of amides is 3. The Hall–Kier alpha value is -2.28. The molecule has 38 heavy (non-hydrogen) atoms. The highest BCUT2D eigenvalue weighted by Gasteiger charge is 2.50. The summed E-state index contributed by atoms with van der Waals surface area (Å²) < 4.78 is 14.6. The first-order chi connectivity index (χ1) is 18.4. The van der Waals surface area contributed by atoms with Gasteiger partial charge in [0.25, 0.3) is 5.91 Å². The SMILES string of the molecule is O=C1CCC(N2Cc3c(CCCCCCCCNC45CC6CC(CC(C6)C4)C5)ccc(F)c3C2=O)C(=O)N1. The molecule has 1 aromatic carbocycles. The number of nitrogens with zero attached hydrogens (tertiary/aromatic N) is 1. The Bertz CT molecular complexity index is 1070. The molecule has 2 N–H and O–H groups in total. The molecule has 1 saturated heterocycles. The van der Waals surface area contributed by atoms with Gasteiger partial charge in [-0.2, -0.15) is 0 Å². The Kier molecular flexibility index (Phi) is 7.32. The van der Waals surface area contributed by atoms with E-state index in [9.17, 15) is 18.8 Å². The topological polar surface area (TPSA) is 78.5 Å². The molecule has 5 fully saturated rings. The lowest BCUT2D eigenvalue weighted by Crippen LogP contribution is -2.58. The van der Waals surface area contributed by atoms with Crippen molar-refractivity contribution in [3.63, 3.8) is 0 Å². The number of unbranched alkanes of at least 4 members (excludes halogenated alkanes) is 5. The molecule has 206 valence electrons. The number of hydrogen-bond acceptors (Lipinski definition) is 4. The van der Waals surface area contributed by atoms with Crippen LogP contribution in [0.25, 0.3) is 0 Å². The number of rotatable bonds is 11. The average molecular weight is 524 g/mol. The molecule has 4 bridgehead atoms. The molecule has 1 aromatic rings. The summed E-state index contributed by atoms with van der Waals surface area (Å²) >= 11 is 0. The van der Waals surface area contributed by atoms with Gasteiger partial charge in [0.1, 0.15) is 11.9 Å². The van der Waals surface area contributed by atoms with E-state index in [0.717, 1.165) is 54.7 Å². The lowest BCUT2D eigenvalue weighted by atomic mass is 9.53. The molecule has 0 spiro atoms. The molecule has 0 aromatic heterocycles. The normalized spacial score (nSPS) is 31.7. The van der Waals surface area contributed by atoms with Gasteiger partial charge < -0.3 is 10.2 Å². The van der Waals surface area contributed by atoms with Crippen LogP contribution in [-0.4, -0.2) is 40.7 Å². The summed E-state index contributed by atoms with van der Waals surface area (Å²) in [6.07, 6.45) is 17.1. The fraction of sp³-hybridized carbons (Fsp3) is 0.710. The van der Waals surface area contributed by atoms with Gasteiger partial charge in [0, 0.05) is 18.5 Å². The molecule has 6 nitrogen and oxygen atoms in total. The highest BCUT2D eigenvalue weighted by atomic mass is 19.1. The van der Waals surface area contributed by atoms with Crippen LogP contribution in [0.1, 0.15) is 111 Å². The third kappa shape index (κ3) is 5.15. The number of imide groups is 1. The van der Waals surface area contributed by atoms with Crippen molar-refractivity contribution in [2.24, 2.45) is 17.8 Å². The summed E-state index contributed by atoms with van der Waals surface area (Å²) in [6.45, 7) is 1.40. The summed E-state index contributed by atoms with van der Waals surface area (Å²) in [7, 11) is 0. The van der Waals surface area contributed by atoms with Gasteiger partial charge in [0.05, 0.1) is 5.56 Å². The smallest absolute Gasteiger partial charge is 0.258 e. The van der Waals surface area contributed by atoms with Crippen LogP contribution in [0.15, 0.2) is 12.1 Å². The maximum atomic E-state index is 14.6. The molecule has 2 heterocycles. The van der Waals surface area contributed by atoms with Crippen molar-refractivity contribution in [1.82, 2.24) is 15.5 Å². The van der Waals surface area contributed by atoms with Crippen LogP contribution in [0.3, 0.4) is 0 Å². The monoisotopic (exact) mass is 523 g/mol. The second-order valence-electron chi connectivity index (χ2n) is 13.0. The van der Waals surface area contributed by atoms with E-state index in [1.54, 1.807) is 6.07 Å². The first-order valence-electron chi connectivity index (χ1n) is 15.1. The van der Waals surface area contributed by atoms with E-state index in [2.05, 4.69) is 10.6 Å². The first kappa shape index (κ1) is 26.0. The van der Waals surface area contributed by atoms with Crippen molar-refractivity contribution in [1.29, 1.82) is 0 Å². The minimum absolute atomic E-state index is 0.110. The number of carbonyl (C=O) groups is 3. The van der Waals surface area contributed by atoms with Gasteiger partial charge in [0.2, 0.25) is 11.8 Å². The van der Waals surface area contributed by atoms with Gasteiger partial charge in [-0.15, -0.1) is 0 Å². The molecule has 1 atom stereocenters. The van der Waals surface area contributed by atoms with Gasteiger partial charge in [0.15, 0.2) is 0 Å². The number of aryl methyl sites for hydroxylation is 1. The Morgan fingerprint density at radius 2 is 1.58 bits per heavy atom. The zero-order valence-corrected chi connectivity index (χ0v) is 22.5. The van der Waals surface area contributed by atoms with Crippen molar-refractivity contribution in [3.05, 3.63) is 34.6 Å². The van der Waals surface area contributed by atoms with Crippen LogP contribution in [0.2, 0.25) is 0 Å². The second-order valence-corrected chi connectivity index (χ2v) is 13.0. The molecule has 4 aliphatic carbocycles. The summed E-state index contributed by atoms with van der Waals surface area (Å²) in [5, 5.41) is 6.32. The number of hydrogen-bond donors (Lipinski definition) is 2.